The number of carbonyl (C=O) groups is 1. The van der Waals surface area contributed by atoms with E-state index in [1.54, 1.807) is 0 Å². The van der Waals surface area contributed by atoms with Crippen molar-refractivity contribution >= 4 is 11.7 Å². The summed E-state index contributed by atoms with van der Waals surface area (Å²) in [6, 6.07) is 3.91. The number of carbonyl (C=O) groups excluding carboxylic acids is 1. The molecule has 2 aliphatic rings. The molecule has 3 rings (SSSR count). The predicted molar refractivity (Wildman–Crippen MR) is 82.3 cm³/mol. The Morgan fingerprint density at radius 1 is 1.38 bits per heavy atom. The number of esters is 1. The predicted octanol–water partition coefficient (Wildman–Crippen LogP) is 2.28. The van der Waals surface area contributed by atoms with Gasteiger partial charge >= 0.3 is 11.7 Å². The van der Waals surface area contributed by atoms with Gasteiger partial charge < -0.3 is 9.47 Å². The molecule has 0 atom stereocenters. The van der Waals surface area contributed by atoms with Gasteiger partial charge in [0.25, 0.3) is 0 Å². The maximum absolute atomic E-state index is 14.1. The summed E-state index contributed by atoms with van der Waals surface area (Å²) in [5, 5.41) is 10.8. The molecule has 1 saturated carbocycles. The number of ether oxygens (including phenoxy) is 2. The molecule has 2 fully saturated rings. The topological polar surface area (TPSA) is 81.9 Å². The summed E-state index contributed by atoms with van der Waals surface area (Å²) >= 11 is 0. The van der Waals surface area contributed by atoms with Crippen LogP contribution in [0.2, 0.25) is 0 Å². The van der Waals surface area contributed by atoms with Crippen LogP contribution in [0.3, 0.4) is 0 Å². The zero-order valence-corrected chi connectivity index (χ0v) is 13.4. The summed E-state index contributed by atoms with van der Waals surface area (Å²) in [6.45, 7) is 1.30. The Morgan fingerprint density at radius 2 is 2.04 bits per heavy atom. The maximum atomic E-state index is 14.1. The third-order valence-electron chi connectivity index (χ3n) is 4.77. The zero-order chi connectivity index (χ0) is 17.3. The highest BCUT2D eigenvalue weighted by molar-refractivity contribution is 5.84. The summed E-state index contributed by atoms with van der Waals surface area (Å²) in [5.41, 5.74) is -1.08. The van der Waals surface area contributed by atoms with Crippen molar-refractivity contribution in [2.45, 2.75) is 37.3 Å². The van der Waals surface area contributed by atoms with E-state index in [0.717, 1.165) is 18.9 Å². The lowest BCUT2D eigenvalue weighted by atomic mass is 10.0. The molecule has 0 N–H and O–H groups in total. The van der Waals surface area contributed by atoms with Gasteiger partial charge in [-0.3, -0.25) is 19.8 Å². The molecular formula is C16H19FN2O5. The molecular weight excluding hydrogens is 319 g/mol. The van der Waals surface area contributed by atoms with Crippen molar-refractivity contribution < 1.29 is 23.6 Å². The van der Waals surface area contributed by atoms with Gasteiger partial charge in [-0.05, 0) is 31.7 Å². The van der Waals surface area contributed by atoms with E-state index in [9.17, 15) is 19.3 Å². The number of nitro benzene ring substituents is 1. The van der Waals surface area contributed by atoms with E-state index >= 15 is 0 Å². The Morgan fingerprint density at radius 3 is 2.58 bits per heavy atom. The van der Waals surface area contributed by atoms with Crippen LogP contribution in [-0.4, -0.2) is 47.6 Å². The number of methoxy groups -OCH3 is 1. The van der Waals surface area contributed by atoms with Crippen molar-refractivity contribution in [1.82, 2.24) is 4.90 Å². The zero-order valence-electron chi connectivity index (χ0n) is 13.4. The van der Waals surface area contributed by atoms with Crippen molar-refractivity contribution in [3.05, 3.63) is 34.1 Å². The highest BCUT2D eigenvalue weighted by Crippen LogP contribution is 2.44. The molecule has 0 bridgehead atoms. The van der Waals surface area contributed by atoms with Gasteiger partial charge in [-0.15, -0.1) is 0 Å². The molecule has 1 saturated heterocycles. The van der Waals surface area contributed by atoms with Crippen molar-refractivity contribution in [3.63, 3.8) is 0 Å². The molecule has 1 aliphatic carbocycles. The number of nitrogens with zero attached hydrogens (tertiary/aromatic N) is 2. The Kier molecular flexibility index (Phi) is 4.40. The molecule has 1 heterocycles. The van der Waals surface area contributed by atoms with Crippen molar-refractivity contribution in [1.29, 1.82) is 0 Å². The summed E-state index contributed by atoms with van der Waals surface area (Å²) < 4.78 is 24.6. The quantitative estimate of drug-likeness (QED) is 0.465. The summed E-state index contributed by atoms with van der Waals surface area (Å²) in [4.78, 5) is 24.0. The Balaban J connectivity index is 1.61. The molecule has 24 heavy (non-hydrogen) atoms. The van der Waals surface area contributed by atoms with Crippen molar-refractivity contribution in [2.75, 3.05) is 20.2 Å². The molecule has 8 heteroatoms. The van der Waals surface area contributed by atoms with Crippen LogP contribution < -0.4 is 4.74 Å². The van der Waals surface area contributed by atoms with Crippen LogP contribution in [0.25, 0.3) is 0 Å². The number of likely N-dealkylation sites (tertiary alicyclic amines) is 1. The average Bonchev–Trinajstić information content (AvgIpc) is 3.38. The highest BCUT2D eigenvalue weighted by atomic mass is 19.1. The van der Waals surface area contributed by atoms with Crippen LogP contribution in [0.5, 0.6) is 5.75 Å². The maximum Gasteiger partial charge on any atom is 0.326 e. The van der Waals surface area contributed by atoms with E-state index in [-0.39, 0.29) is 17.8 Å². The standard InChI is InChI=1S/C16H19FN2O5/c1-23-15(20)16(7-8-16)18-9-5-11(6-10-18)24-13-4-2-3-12(14(13)17)19(21)22/h2-4,11H,5-10H2,1H3. The van der Waals surface area contributed by atoms with Gasteiger partial charge in [0.05, 0.1) is 12.0 Å². The second-order valence-electron chi connectivity index (χ2n) is 6.17. The molecule has 1 aliphatic heterocycles. The fourth-order valence-corrected chi connectivity index (χ4v) is 3.27. The molecule has 0 amide bonds. The summed E-state index contributed by atoms with van der Waals surface area (Å²) in [7, 11) is 1.39. The minimum Gasteiger partial charge on any atom is -0.487 e. The van der Waals surface area contributed by atoms with Gasteiger partial charge in [0.15, 0.2) is 5.75 Å². The lowest BCUT2D eigenvalue weighted by molar-refractivity contribution is -0.387. The first-order valence-electron chi connectivity index (χ1n) is 7.91. The smallest absolute Gasteiger partial charge is 0.326 e. The first-order chi connectivity index (χ1) is 11.5. The van der Waals surface area contributed by atoms with E-state index in [0.29, 0.717) is 25.9 Å². The first-order valence-corrected chi connectivity index (χ1v) is 7.91. The van der Waals surface area contributed by atoms with E-state index < -0.39 is 22.0 Å². The van der Waals surface area contributed by atoms with Crippen LogP contribution in [0.1, 0.15) is 25.7 Å². The van der Waals surface area contributed by atoms with Crippen LogP contribution in [0, 0.1) is 15.9 Å². The average molecular weight is 338 g/mol. The Labute approximate surface area is 138 Å². The van der Waals surface area contributed by atoms with Crippen molar-refractivity contribution in [3.8, 4) is 5.75 Å². The third kappa shape index (κ3) is 2.93. The van der Waals surface area contributed by atoms with Crippen LogP contribution in [-0.2, 0) is 9.53 Å². The Bertz CT molecular complexity index is 654. The molecule has 130 valence electrons. The number of piperidine rings is 1. The number of halogens is 1. The molecule has 0 unspecified atom stereocenters. The first kappa shape index (κ1) is 16.6. The lowest BCUT2D eigenvalue weighted by Crippen LogP contribution is -2.49. The number of nitro groups is 1. The normalized spacial score (nSPS) is 20.4. The summed E-state index contributed by atoms with van der Waals surface area (Å²) in [6.07, 6.45) is 2.61. The van der Waals surface area contributed by atoms with E-state index in [1.807, 2.05) is 0 Å². The fourth-order valence-electron chi connectivity index (χ4n) is 3.27. The molecule has 0 spiro atoms. The van der Waals surface area contributed by atoms with Gasteiger partial charge in [0.1, 0.15) is 11.6 Å². The second-order valence-corrected chi connectivity index (χ2v) is 6.17. The second kappa shape index (κ2) is 6.35. The SMILES string of the molecule is COC(=O)C1(N2CCC(Oc3cccc([N+](=O)[O-])c3F)CC2)CC1. The molecule has 7 nitrogen and oxygen atoms in total. The molecule has 1 aromatic rings. The van der Waals surface area contributed by atoms with Gasteiger partial charge in [0, 0.05) is 19.2 Å². The lowest BCUT2D eigenvalue weighted by Gasteiger charge is -2.36. The van der Waals surface area contributed by atoms with Crippen LogP contribution in [0.15, 0.2) is 18.2 Å². The number of benzene rings is 1. The minimum atomic E-state index is -0.946. The fraction of sp³-hybridized carbons (Fsp3) is 0.562. The van der Waals surface area contributed by atoms with Crippen molar-refractivity contribution in [2.24, 2.45) is 0 Å². The van der Waals surface area contributed by atoms with Crippen LogP contribution in [0.4, 0.5) is 10.1 Å². The monoisotopic (exact) mass is 338 g/mol. The van der Waals surface area contributed by atoms with Gasteiger partial charge in [-0.25, -0.2) is 0 Å². The minimum absolute atomic E-state index is 0.100. The van der Waals surface area contributed by atoms with Gasteiger partial charge in [0.2, 0.25) is 5.82 Å². The Hall–Kier alpha value is -2.22. The van der Waals surface area contributed by atoms with E-state index in [1.165, 1.54) is 19.2 Å². The molecule has 0 radical (unpaired) electrons. The highest BCUT2D eigenvalue weighted by Gasteiger charge is 2.56. The van der Waals surface area contributed by atoms with E-state index in [4.69, 9.17) is 9.47 Å². The third-order valence-corrected chi connectivity index (χ3v) is 4.77. The van der Waals surface area contributed by atoms with Gasteiger partial charge in [-0.2, -0.15) is 4.39 Å². The van der Waals surface area contributed by atoms with Gasteiger partial charge in [-0.1, -0.05) is 6.07 Å². The number of rotatable bonds is 5. The molecule has 0 aromatic heterocycles. The summed E-state index contributed by atoms with van der Waals surface area (Å²) in [5.74, 6) is -1.25. The van der Waals surface area contributed by atoms with E-state index in [2.05, 4.69) is 4.90 Å². The number of hydrogen-bond acceptors (Lipinski definition) is 6. The largest absolute Gasteiger partial charge is 0.487 e. The number of hydrogen-bond donors (Lipinski definition) is 0. The van der Waals surface area contributed by atoms with Crippen LogP contribution >= 0.6 is 0 Å². The molecule has 1 aromatic carbocycles.